The van der Waals surface area contributed by atoms with Gasteiger partial charge in [0.2, 0.25) is 0 Å². The van der Waals surface area contributed by atoms with E-state index in [1.165, 1.54) is 0 Å². The normalized spacial score (nSPS) is 17.2. The number of aliphatic imine (C=N–C) groups is 1. The maximum atomic E-state index is 12.1. The maximum Gasteiger partial charge on any atom is 0.251 e. The van der Waals surface area contributed by atoms with Crippen molar-refractivity contribution in [2.75, 3.05) is 20.1 Å². The summed E-state index contributed by atoms with van der Waals surface area (Å²) in [5.41, 5.74) is 1.53. The lowest BCUT2D eigenvalue weighted by atomic mass is 9.90. The van der Waals surface area contributed by atoms with Gasteiger partial charge in [0.05, 0.1) is 6.04 Å². The number of amides is 1. The Hall–Kier alpha value is -2.29. The fraction of sp³-hybridized carbons (Fsp3) is 0.364. The summed E-state index contributed by atoms with van der Waals surface area (Å²) in [6.45, 7) is 5.26. The van der Waals surface area contributed by atoms with Crippen molar-refractivity contribution in [3.63, 3.8) is 0 Å². The molecule has 1 atom stereocenters. The van der Waals surface area contributed by atoms with Crippen molar-refractivity contribution in [3.8, 4) is 5.75 Å². The van der Waals surface area contributed by atoms with Gasteiger partial charge < -0.3 is 20.7 Å². The van der Waals surface area contributed by atoms with E-state index in [1.54, 1.807) is 19.2 Å². The van der Waals surface area contributed by atoms with Crippen LogP contribution in [0, 0.1) is 0 Å². The number of carbonyl (C=O) groups is 1. The Morgan fingerprint density at radius 3 is 2.45 bits per heavy atom. The SMILES string of the molecule is CN=C(NCCNC(=O)c1ccccc1)NC1CC(C)(C)Oc2ccccc21.I. The molecule has 0 fully saturated rings. The molecule has 0 spiro atoms. The van der Waals surface area contributed by atoms with E-state index in [1.807, 2.05) is 36.4 Å². The van der Waals surface area contributed by atoms with Crippen LogP contribution in [0.1, 0.15) is 42.2 Å². The van der Waals surface area contributed by atoms with Gasteiger partial charge in [-0.25, -0.2) is 0 Å². The smallest absolute Gasteiger partial charge is 0.251 e. The molecular weight excluding hydrogens is 479 g/mol. The summed E-state index contributed by atoms with van der Waals surface area (Å²) in [4.78, 5) is 16.4. The molecule has 1 amide bonds. The summed E-state index contributed by atoms with van der Waals surface area (Å²) in [6, 6.07) is 17.4. The van der Waals surface area contributed by atoms with Crippen LogP contribution in [0.3, 0.4) is 0 Å². The molecule has 0 aromatic heterocycles. The first-order valence-electron chi connectivity index (χ1n) is 9.57. The quantitative estimate of drug-likeness (QED) is 0.250. The van der Waals surface area contributed by atoms with E-state index in [9.17, 15) is 4.79 Å². The second-order valence-electron chi connectivity index (χ2n) is 7.42. The van der Waals surface area contributed by atoms with E-state index >= 15 is 0 Å². The van der Waals surface area contributed by atoms with Gasteiger partial charge >= 0.3 is 0 Å². The molecule has 29 heavy (non-hydrogen) atoms. The summed E-state index contributed by atoms with van der Waals surface area (Å²) >= 11 is 0. The first-order valence-corrected chi connectivity index (χ1v) is 9.57. The highest BCUT2D eigenvalue weighted by Crippen LogP contribution is 2.39. The lowest BCUT2D eigenvalue weighted by Crippen LogP contribution is -2.46. The van der Waals surface area contributed by atoms with Gasteiger partial charge in [-0.05, 0) is 32.0 Å². The number of guanidine groups is 1. The molecule has 0 saturated heterocycles. The largest absolute Gasteiger partial charge is 0.487 e. The minimum atomic E-state index is -0.255. The Balaban J connectivity index is 0.00000300. The highest BCUT2D eigenvalue weighted by atomic mass is 127. The molecule has 3 N–H and O–H groups in total. The van der Waals surface area contributed by atoms with E-state index in [2.05, 4.69) is 40.9 Å². The zero-order valence-corrected chi connectivity index (χ0v) is 19.4. The second kappa shape index (κ2) is 10.5. The highest BCUT2D eigenvalue weighted by molar-refractivity contribution is 14.0. The number of ether oxygens (including phenoxy) is 1. The van der Waals surface area contributed by atoms with E-state index in [-0.39, 0.29) is 41.5 Å². The number of halogens is 1. The lowest BCUT2D eigenvalue weighted by molar-refractivity contribution is 0.0694. The van der Waals surface area contributed by atoms with Gasteiger partial charge in [0.1, 0.15) is 11.4 Å². The van der Waals surface area contributed by atoms with Crippen LogP contribution in [0.4, 0.5) is 0 Å². The van der Waals surface area contributed by atoms with Crippen LogP contribution >= 0.6 is 24.0 Å². The molecule has 0 saturated carbocycles. The van der Waals surface area contributed by atoms with Gasteiger partial charge in [-0.15, -0.1) is 24.0 Å². The van der Waals surface area contributed by atoms with Crippen molar-refractivity contribution in [1.82, 2.24) is 16.0 Å². The van der Waals surface area contributed by atoms with Gasteiger partial charge in [-0.2, -0.15) is 0 Å². The predicted octanol–water partition coefficient (Wildman–Crippen LogP) is 3.50. The van der Waals surface area contributed by atoms with Gasteiger partial charge in [-0.3, -0.25) is 9.79 Å². The molecule has 7 heteroatoms. The maximum absolute atomic E-state index is 12.1. The summed E-state index contributed by atoms with van der Waals surface area (Å²) in [5, 5.41) is 9.66. The molecule has 0 radical (unpaired) electrons. The number of hydrogen-bond donors (Lipinski definition) is 3. The molecule has 0 aliphatic carbocycles. The van der Waals surface area contributed by atoms with Crippen molar-refractivity contribution in [2.45, 2.75) is 31.9 Å². The first-order chi connectivity index (χ1) is 13.5. The van der Waals surface area contributed by atoms with Crippen molar-refractivity contribution in [3.05, 3.63) is 65.7 Å². The van der Waals surface area contributed by atoms with Gasteiger partial charge in [0, 0.05) is 37.7 Å². The van der Waals surface area contributed by atoms with E-state index < -0.39 is 0 Å². The number of nitrogens with zero attached hydrogens (tertiary/aromatic N) is 1. The lowest BCUT2D eigenvalue weighted by Gasteiger charge is -2.38. The zero-order chi connectivity index (χ0) is 20.0. The highest BCUT2D eigenvalue weighted by Gasteiger charge is 2.33. The standard InChI is InChI=1S/C22H28N4O2.HI/c1-22(2)15-18(17-11-7-8-12-19(17)28-22)26-21(23-3)25-14-13-24-20(27)16-9-5-4-6-10-16;/h4-12,18H,13-15H2,1-3H3,(H,24,27)(H2,23,25,26);1H. The number of para-hydroxylation sites is 1. The van der Waals surface area contributed by atoms with Crippen LogP contribution in [0.25, 0.3) is 0 Å². The van der Waals surface area contributed by atoms with Crippen molar-refractivity contribution in [2.24, 2.45) is 4.99 Å². The molecule has 1 unspecified atom stereocenters. The Morgan fingerprint density at radius 1 is 1.07 bits per heavy atom. The summed E-state index contributed by atoms with van der Waals surface area (Å²) in [5.74, 6) is 1.53. The summed E-state index contributed by atoms with van der Waals surface area (Å²) < 4.78 is 6.08. The summed E-state index contributed by atoms with van der Waals surface area (Å²) in [6.07, 6.45) is 0.829. The van der Waals surface area contributed by atoms with Crippen molar-refractivity contribution in [1.29, 1.82) is 0 Å². The Kier molecular flexibility index (Phi) is 8.31. The Morgan fingerprint density at radius 2 is 1.72 bits per heavy atom. The van der Waals surface area contributed by atoms with E-state index in [4.69, 9.17) is 4.74 Å². The third kappa shape index (κ3) is 6.35. The minimum Gasteiger partial charge on any atom is -0.487 e. The first kappa shape index (κ1) is 23.0. The fourth-order valence-corrected chi connectivity index (χ4v) is 3.34. The minimum absolute atomic E-state index is 0. The Labute approximate surface area is 189 Å². The summed E-state index contributed by atoms with van der Waals surface area (Å²) in [7, 11) is 1.74. The average Bonchev–Trinajstić information content (AvgIpc) is 2.69. The number of nitrogens with one attached hydrogen (secondary N) is 3. The molecular formula is C22H29IN4O2. The van der Waals surface area contributed by atoms with E-state index in [0.717, 1.165) is 17.7 Å². The average molecular weight is 508 g/mol. The number of hydrogen-bond acceptors (Lipinski definition) is 3. The van der Waals surface area contributed by atoms with Crippen LogP contribution in [-0.4, -0.2) is 37.6 Å². The van der Waals surface area contributed by atoms with E-state index in [0.29, 0.717) is 24.6 Å². The van der Waals surface area contributed by atoms with Crippen LogP contribution in [-0.2, 0) is 0 Å². The van der Waals surface area contributed by atoms with Crippen LogP contribution in [0.2, 0.25) is 0 Å². The molecule has 2 aromatic rings. The van der Waals surface area contributed by atoms with Gasteiger partial charge in [0.25, 0.3) is 5.91 Å². The molecule has 0 bridgehead atoms. The number of carbonyl (C=O) groups excluding carboxylic acids is 1. The van der Waals surface area contributed by atoms with Crippen LogP contribution < -0.4 is 20.7 Å². The van der Waals surface area contributed by atoms with Crippen molar-refractivity contribution >= 4 is 35.8 Å². The molecule has 1 aliphatic rings. The number of fused-ring (bicyclic) bond motifs is 1. The van der Waals surface area contributed by atoms with Gasteiger partial charge in [-0.1, -0.05) is 36.4 Å². The molecule has 2 aromatic carbocycles. The topological polar surface area (TPSA) is 74.8 Å². The zero-order valence-electron chi connectivity index (χ0n) is 17.1. The number of benzene rings is 2. The van der Waals surface area contributed by atoms with Crippen LogP contribution in [0.5, 0.6) is 5.75 Å². The molecule has 6 nitrogen and oxygen atoms in total. The molecule has 3 rings (SSSR count). The second-order valence-corrected chi connectivity index (χ2v) is 7.42. The van der Waals surface area contributed by atoms with Crippen molar-refractivity contribution < 1.29 is 9.53 Å². The van der Waals surface area contributed by atoms with Gasteiger partial charge in [0.15, 0.2) is 5.96 Å². The number of rotatable bonds is 5. The third-order valence-corrected chi connectivity index (χ3v) is 4.65. The molecule has 156 valence electrons. The fourth-order valence-electron chi connectivity index (χ4n) is 3.34. The monoisotopic (exact) mass is 508 g/mol. The van der Waals surface area contributed by atoms with Crippen LogP contribution in [0.15, 0.2) is 59.6 Å². The third-order valence-electron chi connectivity index (χ3n) is 4.65. The predicted molar refractivity (Wildman–Crippen MR) is 127 cm³/mol. The Bertz CT molecular complexity index is 840. The molecule has 1 aliphatic heterocycles. The molecule has 1 heterocycles.